The molecule has 7 rings (SSSR count). The Morgan fingerprint density at radius 3 is 2.40 bits per heavy atom. The highest BCUT2D eigenvalue weighted by molar-refractivity contribution is 9.11. The molecule has 218 valence electrons. The van der Waals surface area contributed by atoms with E-state index in [4.69, 9.17) is 14.2 Å². The molecule has 1 heterocycles. The fraction of sp³-hybridized carbons (Fsp3) is 0.222. The van der Waals surface area contributed by atoms with Crippen LogP contribution in [0.3, 0.4) is 0 Å². The molecular formula is C36H28Br2F2O3. The Morgan fingerprint density at radius 1 is 0.953 bits per heavy atom. The van der Waals surface area contributed by atoms with Crippen molar-refractivity contribution in [2.75, 3.05) is 14.2 Å². The molecular weight excluding hydrogens is 678 g/mol. The highest BCUT2D eigenvalue weighted by atomic mass is 79.9. The van der Waals surface area contributed by atoms with E-state index in [1.807, 2.05) is 48.6 Å². The van der Waals surface area contributed by atoms with Crippen molar-refractivity contribution in [1.82, 2.24) is 0 Å². The van der Waals surface area contributed by atoms with Gasteiger partial charge in [-0.3, -0.25) is 0 Å². The van der Waals surface area contributed by atoms with Crippen LogP contribution in [0.2, 0.25) is 0 Å². The van der Waals surface area contributed by atoms with Crippen molar-refractivity contribution in [3.8, 4) is 22.6 Å². The largest absolute Gasteiger partial charge is 0.497 e. The molecule has 2 unspecified atom stereocenters. The van der Waals surface area contributed by atoms with Gasteiger partial charge in [0.1, 0.15) is 23.1 Å². The fourth-order valence-electron chi connectivity index (χ4n) is 7.01. The molecule has 0 N–H and O–H groups in total. The van der Waals surface area contributed by atoms with Crippen molar-refractivity contribution < 1.29 is 23.0 Å². The third-order valence-electron chi connectivity index (χ3n) is 8.95. The molecule has 0 bridgehead atoms. The number of ether oxygens (including phenoxy) is 3. The van der Waals surface area contributed by atoms with Crippen LogP contribution in [0.5, 0.6) is 11.5 Å². The highest BCUT2D eigenvalue weighted by Crippen LogP contribution is 2.60. The molecule has 3 aliphatic rings. The van der Waals surface area contributed by atoms with Crippen molar-refractivity contribution in [3.63, 3.8) is 0 Å². The summed E-state index contributed by atoms with van der Waals surface area (Å²) in [4.78, 5) is 0. The molecule has 0 radical (unpaired) electrons. The molecule has 1 aliphatic heterocycles. The lowest BCUT2D eigenvalue weighted by Gasteiger charge is -2.40. The van der Waals surface area contributed by atoms with Gasteiger partial charge in [-0.2, -0.15) is 0 Å². The molecule has 4 aromatic carbocycles. The zero-order chi connectivity index (χ0) is 30.3. The summed E-state index contributed by atoms with van der Waals surface area (Å²) in [7, 11) is 3.31. The molecule has 4 aromatic rings. The minimum Gasteiger partial charge on any atom is -0.497 e. The number of hydrogen-bond acceptors (Lipinski definition) is 3. The van der Waals surface area contributed by atoms with Crippen LogP contribution in [0.15, 0.2) is 87.4 Å². The number of methoxy groups -OCH3 is 2. The summed E-state index contributed by atoms with van der Waals surface area (Å²) in [6, 6.07) is 14.1. The van der Waals surface area contributed by atoms with Crippen LogP contribution in [-0.2, 0) is 15.8 Å². The van der Waals surface area contributed by atoms with E-state index in [1.165, 1.54) is 6.07 Å². The zero-order valence-corrected chi connectivity index (χ0v) is 27.2. The predicted molar refractivity (Wildman–Crippen MR) is 174 cm³/mol. The van der Waals surface area contributed by atoms with E-state index in [-0.39, 0.29) is 6.10 Å². The third kappa shape index (κ3) is 4.19. The van der Waals surface area contributed by atoms with Gasteiger partial charge >= 0.3 is 0 Å². The standard InChI is InChI=1S/C36H28Br2F2O3/c1-35(2)32-26(15-21(37)16-28(32)38)31-30-27(17-22(39)18-29(30)40)34-25(33(31)35)13-14-36(43-34,19-5-9-23(41-3)10-6-19)20-7-11-24(42-4)12-8-20/h5-11,13-18,24H,12H2,1-4H3. The smallest absolute Gasteiger partial charge is 0.177 e. The topological polar surface area (TPSA) is 27.7 Å². The van der Waals surface area contributed by atoms with Gasteiger partial charge in [-0.05, 0) is 70.7 Å². The van der Waals surface area contributed by atoms with Crippen LogP contribution in [0, 0.1) is 11.6 Å². The molecule has 0 fully saturated rings. The Kier molecular flexibility index (Phi) is 6.73. The molecule has 43 heavy (non-hydrogen) atoms. The van der Waals surface area contributed by atoms with Crippen LogP contribution in [0.4, 0.5) is 8.78 Å². The van der Waals surface area contributed by atoms with Crippen molar-refractivity contribution in [1.29, 1.82) is 0 Å². The van der Waals surface area contributed by atoms with Gasteiger partial charge in [-0.1, -0.05) is 82.1 Å². The first-order chi connectivity index (χ1) is 20.6. The van der Waals surface area contributed by atoms with Crippen molar-refractivity contribution in [2.45, 2.75) is 37.4 Å². The lowest BCUT2D eigenvalue weighted by Crippen LogP contribution is -2.36. The maximum Gasteiger partial charge on any atom is 0.177 e. The van der Waals surface area contributed by atoms with Crippen LogP contribution < -0.4 is 9.47 Å². The lowest BCUT2D eigenvalue weighted by molar-refractivity contribution is 0.136. The first-order valence-corrected chi connectivity index (χ1v) is 15.6. The highest BCUT2D eigenvalue weighted by Gasteiger charge is 2.46. The van der Waals surface area contributed by atoms with E-state index >= 15 is 8.78 Å². The quantitative estimate of drug-likeness (QED) is 0.212. The van der Waals surface area contributed by atoms with E-state index in [0.717, 1.165) is 59.7 Å². The molecule has 2 atom stereocenters. The first kappa shape index (κ1) is 28.5. The third-order valence-corrected chi connectivity index (χ3v) is 10.0. The number of hydrogen-bond donors (Lipinski definition) is 0. The molecule has 7 heteroatoms. The number of rotatable bonds is 4. The minimum atomic E-state index is -1.06. The molecule has 3 nitrogen and oxygen atoms in total. The van der Waals surface area contributed by atoms with Gasteiger partial charge in [0, 0.05) is 49.4 Å². The summed E-state index contributed by atoms with van der Waals surface area (Å²) in [6.45, 7) is 4.28. The maximum atomic E-state index is 16.1. The zero-order valence-electron chi connectivity index (χ0n) is 24.0. The Morgan fingerprint density at radius 2 is 1.72 bits per heavy atom. The van der Waals surface area contributed by atoms with Gasteiger partial charge in [-0.25, -0.2) is 8.78 Å². The van der Waals surface area contributed by atoms with E-state index in [1.54, 1.807) is 14.2 Å². The van der Waals surface area contributed by atoms with Gasteiger partial charge in [0.25, 0.3) is 0 Å². The summed E-state index contributed by atoms with van der Waals surface area (Å²) in [5, 5.41) is 0.738. The summed E-state index contributed by atoms with van der Waals surface area (Å²) in [5.74, 6) is -0.116. The number of fused-ring (bicyclic) bond motifs is 8. The van der Waals surface area contributed by atoms with Crippen molar-refractivity contribution >= 4 is 48.7 Å². The Labute approximate surface area is 266 Å². The van der Waals surface area contributed by atoms with Crippen molar-refractivity contribution in [2.24, 2.45) is 0 Å². The molecule has 0 spiro atoms. The monoisotopic (exact) mass is 704 g/mol. The van der Waals surface area contributed by atoms with E-state index in [2.05, 4.69) is 63.9 Å². The number of benzene rings is 4. The minimum absolute atomic E-state index is 0.0408. The SMILES string of the molecule is COc1ccc(C2(C3=CCC(OC)C=C3)C=Cc3c4c(c5c(F)cc(F)cc5c3O2)-c2cc(Br)cc(Br)c2C4(C)C)cc1. The summed E-state index contributed by atoms with van der Waals surface area (Å²) < 4.78 is 51.0. The second-order valence-corrected chi connectivity index (χ2v) is 13.4. The van der Waals surface area contributed by atoms with Gasteiger partial charge in [-0.15, -0.1) is 0 Å². The Bertz CT molecular complexity index is 1920. The molecule has 0 saturated carbocycles. The predicted octanol–water partition coefficient (Wildman–Crippen LogP) is 10.2. The Hall–Kier alpha value is -3.26. The van der Waals surface area contributed by atoms with Crippen LogP contribution in [0.25, 0.3) is 28.0 Å². The normalized spacial score (nSPS) is 21.2. The van der Waals surface area contributed by atoms with E-state index < -0.39 is 22.7 Å². The second kappa shape index (κ2) is 10.1. The van der Waals surface area contributed by atoms with Gasteiger partial charge in [0.15, 0.2) is 5.60 Å². The van der Waals surface area contributed by atoms with Crippen molar-refractivity contribution in [3.05, 3.63) is 121 Å². The van der Waals surface area contributed by atoms with E-state index in [9.17, 15) is 0 Å². The van der Waals surface area contributed by atoms with Crippen LogP contribution in [-0.4, -0.2) is 20.3 Å². The van der Waals surface area contributed by atoms with Crippen LogP contribution >= 0.6 is 31.9 Å². The van der Waals surface area contributed by atoms with Gasteiger partial charge in [0.2, 0.25) is 0 Å². The Balaban J connectivity index is 1.55. The maximum absolute atomic E-state index is 16.1. The molecule has 0 saturated heterocycles. The number of halogens is 4. The first-order valence-electron chi connectivity index (χ1n) is 14.0. The molecule has 0 aromatic heterocycles. The average molecular weight is 706 g/mol. The summed E-state index contributed by atoms with van der Waals surface area (Å²) in [5.41, 5.74) is 4.69. The molecule has 2 aliphatic carbocycles. The summed E-state index contributed by atoms with van der Waals surface area (Å²) in [6.07, 6.45) is 10.9. The van der Waals surface area contributed by atoms with Gasteiger partial charge in [0.05, 0.1) is 13.2 Å². The average Bonchev–Trinajstić information content (AvgIpc) is 3.23. The second-order valence-electron chi connectivity index (χ2n) is 11.7. The molecule has 0 amide bonds. The van der Waals surface area contributed by atoms with E-state index in [0.29, 0.717) is 22.9 Å². The van der Waals surface area contributed by atoms with Gasteiger partial charge < -0.3 is 14.2 Å². The summed E-state index contributed by atoms with van der Waals surface area (Å²) >= 11 is 7.40. The lowest BCUT2D eigenvalue weighted by atomic mass is 9.76. The van der Waals surface area contributed by atoms with Crippen LogP contribution in [0.1, 0.15) is 42.5 Å². The fourth-order valence-corrected chi connectivity index (χ4v) is 8.73.